The average Bonchev–Trinajstić information content (AvgIpc) is 2.72. The van der Waals surface area contributed by atoms with E-state index in [1.165, 1.54) is 25.2 Å². The van der Waals surface area contributed by atoms with Gasteiger partial charge in [-0.2, -0.15) is 0 Å². The van der Waals surface area contributed by atoms with Crippen LogP contribution in [0.3, 0.4) is 0 Å². The third kappa shape index (κ3) is 5.35. The molecule has 1 atom stereocenters. The Balaban J connectivity index is 2.29. The van der Waals surface area contributed by atoms with Gasteiger partial charge in [-0.05, 0) is 36.8 Å². The quantitative estimate of drug-likeness (QED) is 0.601. The van der Waals surface area contributed by atoms with Crippen molar-refractivity contribution in [1.82, 2.24) is 4.90 Å². The van der Waals surface area contributed by atoms with E-state index in [-0.39, 0.29) is 5.91 Å². The summed E-state index contributed by atoms with van der Waals surface area (Å²) in [6, 6.07) is 11.1. The topological polar surface area (TPSA) is 85.4 Å². The zero-order chi connectivity index (χ0) is 22.5. The van der Waals surface area contributed by atoms with Gasteiger partial charge in [-0.25, -0.2) is 8.42 Å². The predicted octanol–water partition coefficient (Wildman–Crippen LogP) is 2.53. The molecule has 164 valence electrons. The smallest absolute Gasteiger partial charge is 0.246 e. The molecular formula is C21H28N2O6S. The van der Waals surface area contributed by atoms with Crippen LogP contribution in [0, 0.1) is 0 Å². The molecule has 9 heteroatoms. The van der Waals surface area contributed by atoms with E-state index in [0.717, 1.165) is 21.9 Å². The van der Waals surface area contributed by atoms with Crippen LogP contribution >= 0.6 is 0 Å². The molecule has 1 unspecified atom stereocenters. The van der Waals surface area contributed by atoms with Crippen molar-refractivity contribution in [3.8, 4) is 17.2 Å². The monoisotopic (exact) mass is 436 g/mol. The summed E-state index contributed by atoms with van der Waals surface area (Å²) in [5.74, 6) is 1.21. The molecule has 0 N–H and O–H groups in total. The molecule has 0 radical (unpaired) electrons. The Kier molecular flexibility index (Phi) is 7.55. The Morgan fingerprint density at radius 3 is 2.07 bits per heavy atom. The minimum absolute atomic E-state index is 0.314. The van der Waals surface area contributed by atoms with Gasteiger partial charge in [0, 0.05) is 19.7 Å². The second-order valence-electron chi connectivity index (χ2n) is 6.82. The largest absolute Gasteiger partial charge is 0.497 e. The van der Waals surface area contributed by atoms with E-state index in [4.69, 9.17) is 14.2 Å². The summed E-state index contributed by atoms with van der Waals surface area (Å²) in [6.07, 6.45) is 1.07. The summed E-state index contributed by atoms with van der Waals surface area (Å²) in [5, 5.41) is 0. The van der Waals surface area contributed by atoms with Crippen LogP contribution in [-0.2, 0) is 21.4 Å². The number of nitrogens with zero attached hydrogens (tertiary/aromatic N) is 2. The predicted molar refractivity (Wildman–Crippen MR) is 116 cm³/mol. The summed E-state index contributed by atoms with van der Waals surface area (Å²) in [5.41, 5.74) is 1.21. The van der Waals surface area contributed by atoms with E-state index < -0.39 is 16.1 Å². The molecule has 0 spiro atoms. The van der Waals surface area contributed by atoms with E-state index in [1.807, 2.05) is 24.3 Å². The molecule has 2 aromatic rings. The van der Waals surface area contributed by atoms with Crippen molar-refractivity contribution in [3.63, 3.8) is 0 Å². The van der Waals surface area contributed by atoms with E-state index in [1.54, 1.807) is 33.2 Å². The van der Waals surface area contributed by atoms with Crippen molar-refractivity contribution in [3.05, 3.63) is 48.0 Å². The number of carbonyl (C=O) groups is 1. The maximum absolute atomic E-state index is 13.0. The second-order valence-corrected chi connectivity index (χ2v) is 8.68. The molecule has 0 saturated carbocycles. The molecule has 0 bridgehead atoms. The number of carbonyl (C=O) groups excluding carboxylic acids is 1. The summed E-state index contributed by atoms with van der Waals surface area (Å²) < 4.78 is 41.8. The second kappa shape index (κ2) is 9.71. The van der Waals surface area contributed by atoms with Gasteiger partial charge in [0.2, 0.25) is 15.9 Å². The van der Waals surface area contributed by atoms with E-state index in [2.05, 4.69) is 0 Å². The fourth-order valence-electron chi connectivity index (χ4n) is 3.17. The van der Waals surface area contributed by atoms with Gasteiger partial charge in [0.25, 0.3) is 0 Å². The van der Waals surface area contributed by atoms with Crippen LogP contribution in [0.4, 0.5) is 5.69 Å². The lowest BCUT2D eigenvalue weighted by molar-refractivity contribution is -0.131. The Morgan fingerprint density at radius 2 is 1.57 bits per heavy atom. The first kappa shape index (κ1) is 23.3. The van der Waals surface area contributed by atoms with Crippen LogP contribution in [-0.4, -0.2) is 59.9 Å². The van der Waals surface area contributed by atoms with Gasteiger partial charge < -0.3 is 19.1 Å². The van der Waals surface area contributed by atoms with Crippen LogP contribution in [0.15, 0.2) is 42.5 Å². The number of methoxy groups -OCH3 is 3. The number of likely N-dealkylation sites (N-methyl/N-ethyl adjacent to an activating group) is 1. The highest BCUT2D eigenvalue weighted by atomic mass is 32.2. The van der Waals surface area contributed by atoms with Gasteiger partial charge in [0.05, 0.1) is 33.3 Å². The van der Waals surface area contributed by atoms with Crippen LogP contribution < -0.4 is 18.5 Å². The zero-order valence-electron chi connectivity index (χ0n) is 18.1. The summed E-state index contributed by atoms with van der Waals surface area (Å²) >= 11 is 0. The van der Waals surface area contributed by atoms with Crippen LogP contribution in [0.2, 0.25) is 0 Å². The highest BCUT2D eigenvalue weighted by Gasteiger charge is 2.31. The fraction of sp³-hybridized carbons (Fsp3) is 0.381. The Hall–Kier alpha value is -2.94. The number of benzene rings is 2. The van der Waals surface area contributed by atoms with Gasteiger partial charge >= 0.3 is 0 Å². The Labute approximate surface area is 178 Å². The summed E-state index contributed by atoms with van der Waals surface area (Å²) in [6.45, 7) is 1.89. The molecule has 0 aliphatic rings. The lowest BCUT2D eigenvalue weighted by Gasteiger charge is -2.31. The van der Waals surface area contributed by atoms with E-state index in [0.29, 0.717) is 23.7 Å². The van der Waals surface area contributed by atoms with Gasteiger partial charge in [-0.1, -0.05) is 12.1 Å². The Morgan fingerprint density at radius 1 is 0.967 bits per heavy atom. The number of amides is 1. The normalized spacial score (nSPS) is 12.1. The first-order valence-corrected chi connectivity index (χ1v) is 11.1. The lowest BCUT2D eigenvalue weighted by Crippen LogP contribution is -2.48. The number of anilines is 1. The number of hydrogen-bond acceptors (Lipinski definition) is 6. The van der Waals surface area contributed by atoms with Crippen LogP contribution in [0.5, 0.6) is 17.2 Å². The van der Waals surface area contributed by atoms with Crippen molar-refractivity contribution < 1.29 is 27.4 Å². The molecule has 8 nitrogen and oxygen atoms in total. The number of ether oxygens (including phenoxy) is 3. The molecule has 1 amide bonds. The molecule has 2 aromatic carbocycles. The number of rotatable bonds is 9. The molecule has 2 rings (SSSR count). The third-order valence-corrected chi connectivity index (χ3v) is 5.88. The van der Waals surface area contributed by atoms with Crippen molar-refractivity contribution in [2.24, 2.45) is 0 Å². The first-order valence-electron chi connectivity index (χ1n) is 9.21. The molecule has 30 heavy (non-hydrogen) atoms. The van der Waals surface area contributed by atoms with Crippen molar-refractivity contribution in [1.29, 1.82) is 0 Å². The molecule has 0 aliphatic heterocycles. The third-order valence-electron chi connectivity index (χ3n) is 4.64. The number of sulfonamides is 1. The Bertz CT molecular complexity index is 975. The van der Waals surface area contributed by atoms with Crippen molar-refractivity contribution >= 4 is 21.6 Å². The van der Waals surface area contributed by atoms with Crippen LogP contribution in [0.25, 0.3) is 0 Å². The van der Waals surface area contributed by atoms with Gasteiger partial charge in [-0.15, -0.1) is 0 Å². The number of hydrogen-bond donors (Lipinski definition) is 0. The molecule has 0 aliphatic carbocycles. The molecule has 0 aromatic heterocycles. The van der Waals surface area contributed by atoms with E-state index >= 15 is 0 Å². The van der Waals surface area contributed by atoms with Crippen LogP contribution in [0.1, 0.15) is 12.5 Å². The molecule has 0 heterocycles. The maximum Gasteiger partial charge on any atom is 0.246 e. The zero-order valence-corrected chi connectivity index (χ0v) is 18.9. The standard InChI is InChI=1S/C21H28N2O6S/c1-15(21(24)22(2)14-16-7-10-18(27-3)11-8-16)23(30(6,25)26)17-9-12-19(28-4)20(13-17)29-5/h7-13,15H,14H2,1-6H3. The summed E-state index contributed by atoms with van der Waals surface area (Å²) in [7, 11) is 2.43. The minimum atomic E-state index is -3.75. The highest BCUT2D eigenvalue weighted by molar-refractivity contribution is 7.92. The summed E-state index contributed by atoms with van der Waals surface area (Å²) in [4.78, 5) is 14.5. The first-order chi connectivity index (χ1) is 14.1. The van der Waals surface area contributed by atoms with Gasteiger partial charge in [0.15, 0.2) is 11.5 Å². The van der Waals surface area contributed by atoms with Gasteiger partial charge in [0.1, 0.15) is 11.8 Å². The van der Waals surface area contributed by atoms with Crippen molar-refractivity contribution in [2.45, 2.75) is 19.5 Å². The molecular weight excluding hydrogens is 408 g/mol. The van der Waals surface area contributed by atoms with Crippen molar-refractivity contribution in [2.75, 3.05) is 38.9 Å². The lowest BCUT2D eigenvalue weighted by atomic mass is 10.2. The van der Waals surface area contributed by atoms with E-state index in [9.17, 15) is 13.2 Å². The maximum atomic E-state index is 13.0. The fourth-order valence-corrected chi connectivity index (χ4v) is 4.33. The molecule has 0 saturated heterocycles. The van der Waals surface area contributed by atoms with Gasteiger partial charge in [-0.3, -0.25) is 9.10 Å². The average molecular weight is 437 g/mol. The highest BCUT2D eigenvalue weighted by Crippen LogP contribution is 2.33. The SMILES string of the molecule is COc1ccc(CN(C)C(=O)C(C)N(c2ccc(OC)c(OC)c2)S(C)(=O)=O)cc1. The minimum Gasteiger partial charge on any atom is -0.497 e. The molecule has 0 fully saturated rings.